The first-order valence-electron chi connectivity index (χ1n) is 32.8. The molecule has 2 aliphatic heterocycles. The Hall–Kier alpha value is -8.77. The number of nitrogens with one attached hydrogen (secondary N) is 7. The van der Waals surface area contributed by atoms with Gasteiger partial charge < -0.3 is 108 Å². The Morgan fingerprint density at radius 3 is 1.97 bits per heavy atom. The number of rotatable bonds is 31. The molecule has 18 N–H and O–H groups in total. The highest BCUT2D eigenvalue weighted by Crippen LogP contribution is 2.53. The fourth-order valence-electron chi connectivity index (χ4n) is 13.3. The number of aromatic hydroxyl groups is 2. The second-order valence-corrected chi connectivity index (χ2v) is 26.2. The lowest BCUT2D eigenvalue weighted by molar-refractivity contribution is -0.249. The lowest BCUT2D eigenvalue weighted by atomic mass is 9.72. The Labute approximate surface area is 567 Å². The molecule has 0 radical (unpaired) electrons. The van der Waals surface area contributed by atoms with Crippen molar-refractivity contribution in [1.29, 1.82) is 0 Å². The predicted molar refractivity (Wildman–Crippen MR) is 339 cm³/mol. The number of hydrogen-bond acceptors (Lipinski definition) is 24. The topological polar surface area (TPSA) is 545 Å². The number of aliphatic hydroxyl groups is 6. The van der Waals surface area contributed by atoms with E-state index >= 15 is 0 Å². The van der Waals surface area contributed by atoms with Crippen LogP contribution in [0.4, 0.5) is 0 Å². The number of carboxylic acid groups (broad SMARTS) is 1. The summed E-state index contributed by atoms with van der Waals surface area (Å²) in [5, 5.41) is 115. The van der Waals surface area contributed by atoms with E-state index in [9.17, 15) is 103 Å². The number of carbonyl (C=O) groups excluding carboxylic acids is 12. The molecular weight excluding hydrogens is 1310 g/mol. The van der Waals surface area contributed by atoms with Gasteiger partial charge in [0.15, 0.2) is 17.9 Å². The summed E-state index contributed by atoms with van der Waals surface area (Å²) >= 11 is 0. The summed E-state index contributed by atoms with van der Waals surface area (Å²) in [5.74, 6) is -15.4. The molecule has 1 saturated carbocycles. The number of hydrogen-bond donors (Lipinski definition) is 17. The number of ketones is 3. The van der Waals surface area contributed by atoms with E-state index in [-0.39, 0.29) is 72.6 Å². The van der Waals surface area contributed by atoms with E-state index in [1.807, 2.05) is 0 Å². The van der Waals surface area contributed by atoms with Crippen LogP contribution in [0, 0.1) is 11.8 Å². The van der Waals surface area contributed by atoms with Gasteiger partial charge in [0.1, 0.15) is 77.9 Å². The Bertz CT molecular complexity index is 3430. The number of amides is 9. The number of carboxylic acids is 1. The number of phenols is 2. The van der Waals surface area contributed by atoms with Gasteiger partial charge in [-0.3, -0.25) is 62.3 Å². The molecule has 2 aromatic rings. The van der Waals surface area contributed by atoms with E-state index in [4.69, 9.17) is 25.1 Å². The zero-order valence-corrected chi connectivity index (χ0v) is 55.4. The van der Waals surface area contributed by atoms with Crippen molar-refractivity contribution in [3.63, 3.8) is 0 Å². The third-order valence-electron chi connectivity index (χ3n) is 18.5. The van der Waals surface area contributed by atoms with Gasteiger partial charge in [0.2, 0.25) is 58.9 Å². The first-order valence-corrected chi connectivity index (χ1v) is 32.8. The normalized spacial score (nSPS) is 23.8. The van der Waals surface area contributed by atoms with Crippen LogP contribution in [0.1, 0.15) is 167 Å². The fraction of sp³-hybridized carbons (Fsp3) is 0.615. The van der Waals surface area contributed by atoms with Crippen molar-refractivity contribution in [1.82, 2.24) is 42.1 Å². The number of ether oxygens (including phenoxy) is 3. The number of phenolic OH excluding ortho intramolecular Hbond substituents is 2. The minimum absolute atomic E-state index is 0.0279. The molecule has 14 atom stereocenters. The second-order valence-electron chi connectivity index (χ2n) is 26.2. The molecule has 2 saturated heterocycles. The average molecular weight is 1400 g/mol. The van der Waals surface area contributed by atoms with Crippen molar-refractivity contribution in [2.45, 2.75) is 209 Å². The molecule has 34 heteroatoms. The maximum absolute atomic E-state index is 14.4. The standard InChI is InChI=1S/C65H89N9O25/c1-28(2)19-37(60(91)69-36-21-47(98-30(4)53(36)84)99-42-23-65(96,43(79)27-77)22-34-49(42)57(88)51-50(55(34)86)54(85)33-13-9-14-41(97-5)48(33)56(51)87)70-61(92)38(25-75)72-59(90)35(17-18-44(66)80)68-64(95)52(31-11-7-6-8-12-31)73-62(93)39(26-76)71-58(89)29(3)67-63(94)40-20-32(78)24-74(40)45(81)15-10-16-46(82)83/h9,13-14,28-32,35-40,42,47,52-53,75-78,84,86,88,96H,6-8,10-12,15-27H2,1-5H3,(H2,66,80)(H,67,94)(H,68,95)(H,69,91)(H,70,92)(H,71,89)(H,72,90)(H,73,93)(H,82,83)/t29?,30?,32?,35-,36?,37-,38?,39?,40?,42?,47?,52?,53?,65?/m0/s1. The zero-order chi connectivity index (χ0) is 73.1. The zero-order valence-electron chi connectivity index (χ0n) is 55.4. The Balaban J connectivity index is 1.03. The van der Waals surface area contributed by atoms with Gasteiger partial charge in [-0.25, -0.2) is 0 Å². The number of aliphatic hydroxyl groups excluding tert-OH is 5. The van der Waals surface area contributed by atoms with Crippen LogP contribution in [-0.4, -0.2) is 239 Å². The fourth-order valence-corrected chi connectivity index (χ4v) is 13.3. The molecule has 5 aliphatic rings. The van der Waals surface area contributed by atoms with Crippen LogP contribution in [0.3, 0.4) is 0 Å². The smallest absolute Gasteiger partial charge is 0.303 e. The summed E-state index contributed by atoms with van der Waals surface area (Å²) in [6.45, 7) is 2.46. The van der Waals surface area contributed by atoms with Gasteiger partial charge in [-0.15, -0.1) is 0 Å². The van der Waals surface area contributed by atoms with Crippen molar-refractivity contribution in [2.75, 3.05) is 33.5 Å². The van der Waals surface area contributed by atoms with Gasteiger partial charge in [0, 0.05) is 68.2 Å². The van der Waals surface area contributed by atoms with E-state index in [0.29, 0.717) is 25.7 Å². The summed E-state index contributed by atoms with van der Waals surface area (Å²) in [6, 6.07) is -8.06. The number of likely N-dealkylation sites (tertiary alicyclic amines) is 1. The number of benzene rings is 2. The number of β-amino-alcohol motifs (C(OH)–C–C–N with tert-alkyl or cyclic N) is 1. The van der Waals surface area contributed by atoms with Crippen molar-refractivity contribution in [2.24, 2.45) is 17.6 Å². The molecule has 2 heterocycles. The van der Waals surface area contributed by atoms with Gasteiger partial charge in [0.25, 0.3) is 0 Å². The summed E-state index contributed by atoms with van der Waals surface area (Å²) < 4.78 is 17.7. The van der Waals surface area contributed by atoms with Crippen LogP contribution in [0.15, 0.2) is 18.2 Å². The molecular formula is C65H89N9O25. The van der Waals surface area contributed by atoms with Crippen LogP contribution in [0.5, 0.6) is 17.2 Å². The monoisotopic (exact) mass is 1400 g/mol. The average Bonchev–Trinajstić information content (AvgIpc) is 1.09. The number of nitrogens with zero attached hydrogens (tertiary/aromatic N) is 1. The molecule has 0 aromatic heterocycles. The van der Waals surface area contributed by atoms with Gasteiger partial charge in [-0.2, -0.15) is 0 Å². The summed E-state index contributed by atoms with van der Waals surface area (Å²) in [6.07, 6.45) is -8.07. The number of nitrogens with two attached hydrogens (primary N) is 1. The van der Waals surface area contributed by atoms with E-state index in [1.54, 1.807) is 13.8 Å². The molecule has 2 aromatic carbocycles. The highest BCUT2D eigenvalue weighted by molar-refractivity contribution is 6.31. The number of aliphatic carboxylic acids is 1. The van der Waals surface area contributed by atoms with Crippen molar-refractivity contribution in [3.8, 4) is 17.2 Å². The van der Waals surface area contributed by atoms with E-state index in [1.165, 1.54) is 39.2 Å². The quantitative estimate of drug-likeness (QED) is 0.0275. The lowest BCUT2D eigenvalue weighted by Crippen LogP contribution is -2.62. The molecule has 99 heavy (non-hydrogen) atoms. The van der Waals surface area contributed by atoms with Crippen LogP contribution in [-0.2, 0) is 68.6 Å². The van der Waals surface area contributed by atoms with Gasteiger partial charge in [-0.05, 0) is 63.9 Å². The Morgan fingerprint density at radius 1 is 0.737 bits per heavy atom. The van der Waals surface area contributed by atoms with E-state index in [0.717, 1.165) is 11.3 Å². The Kier molecular flexibility index (Phi) is 26.5. The first-order chi connectivity index (χ1) is 46.8. The second kappa shape index (κ2) is 33.9. The number of methoxy groups -OCH3 is 1. The summed E-state index contributed by atoms with van der Waals surface area (Å²) in [7, 11) is 1.25. The molecule has 0 spiro atoms. The maximum atomic E-state index is 14.4. The minimum Gasteiger partial charge on any atom is -0.507 e. The maximum Gasteiger partial charge on any atom is 0.303 e. The van der Waals surface area contributed by atoms with E-state index < -0.39 is 242 Å². The number of Topliss-reactive ketones (excluding diaryl/α,β-unsaturated/α-hetero) is 1. The molecule has 3 aliphatic carbocycles. The largest absolute Gasteiger partial charge is 0.507 e. The molecule has 7 rings (SSSR count). The van der Waals surface area contributed by atoms with Crippen molar-refractivity contribution >= 4 is 76.5 Å². The minimum atomic E-state index is -2.51. The number of carbonyl (C=O) groups is 13. The van der Waals surface area contributed by atoms with Crippen LogP contribution >= 0.6 is 0 Å². The molecule has 12 unspecified atom stereocenters. The third kappa shape index (κ3) is 18.4. The molecule has 3 fully saturated rings. The lowest BCUT2D eigenvalue weighted by Gasteiger charge is -2.43. The van der Waals surface area contributed by atoms with Gasteiger partial charge >= 0.3 is 5.97 Å². The van der Waals surface area contributed by atoms with Crippen LogP contribution in [0.25, 0.3) is 0 Å². The van der Waals surface area contributed by atoms with Crippen LogP contribution < -0.4 is 47.7 Å². The van der Waals surface area contributed by atoms with Crippen molar-refractivity contribution in [3.05, 3.63) is 51.6 Å². The van der Waals surface area contributed by atoms with Crippen molar-refractivity contribution < 1.29 is 122 Å². The predicted octanol–water partition coefficient (Wildman–Crippen LogP) is -3.82. The summed E-state index contributed by atoms with van der Waals surface area (Å²) in [5.41, 5.74) is 0.557. The van der Waals surface area contributed by atoms with Crippen LogP contribution in [0.2, 0.25) is 0 Å². The SMILES string of the molecule is COc1cccc2c1C(=O)c1c(O)c3c(c(O)c1C2=O)CC(O)(C(=O)CO)CC3OC1CC(NC(=O)[C@H](CC(C)C)NC(=O)C(CO)NC(=O)[C@H](CCC(N)=O)NC(=O)C(NC(=O)C(CO)NC(=O)C(C)NC(=O)C2CC(O)CN2C(=O)CCCC(=O)O)C2CCCCC2)C(O)C(C)O1. The molecule has 34 nitrogen and oxygen atoms in total. The van der Waals surface area contributed by atoms with E-state index in [2.05, 4.69) is 37.2 Å². The van der Waals surface area contributed by atoms with Gasteiger partial charge in [0.05, 0.1) is 61.4 Å². The highest BCUT2D eigenvalue weighted by Gasteiger charge is 2.51. The first kappa shape index (κ1) is 77.6. The highest BCUT2D eigenvalue weighted by atomic mass is 16.7. The number of primary amides is 1. The molecule has 544 valence electrons. The third-order valence-corrected chi connectivity index (χ3v) is 18.5. The molecule has 0 bridgehead atoms. The van der Waals surface area contributed by atoms with Gasteiger partial charge in [-0.1, -0.05) is 45.2 Å². The molecule has 9 amide bonds. The summed E-state index contributed by atoms with van der Waals surface area (Å²) in [4.78, 5) is 176. The Morgan fingerprint density at radius 2 is 1.35 bits per heavy atom. The number of fused-ring (bicyclic) bond motifs is 3.